The average Bonchev–Trinajstić information content (AvgIpc) is 2.42. The zero-order valence-corrected chi connectivity index (χ0v) is 16.2. The molecule has 0 atom stereocenters. The topological polar surface area (TPSA) is 76.6 Å². The van der Waals surface area contributed by atoms with E-state index in [2.05, 4.69) is 15.4 Å². The van der Waals surface area contributed by atoms with Gasteiger partial charge in [-0.15, -0.1) is 0 Å². The summed E-state index contributed by atoms with van der Waals surface area (Å²) in [6.07, 6.45) is 1.08. The average molecular weight is 354 g/mol. The molecule has 0 aliphatic carbocycles. The Hall–Kier alpha value is -1.96. The summed E-state index contributed by atoms with van der Waals surface area (Å²) in [4.78, 5) is 20.9. The summed E-state index contributed by atoms with van der Waals surface area (Å²) in [5.74, 6) is 0.953. The van der Waals surface area contributed by atoms with Gasteiger partial charge < -0.3 is 9.47 Å². The van der Waals surface area contributed by atoms with Crippen molar-refractivity contribution in [1.29, 1.82) is 0 Å². The second-order valence-electron chi connectivity index (χ2n) is 6.46. The predicted molar refractivity (Wildman–Crippen MR) is 96.9 cm³/mol. The summed E-state index contributed by atoms with van der Waals surface area (Å²) in [7, 11) is 0. The molecule has 0 fully saturated rings. The molecule has 0 aliphatic rings. The van der Waals surface area contributed by atoms with E-state index in [-0.39, 0.29) is 11.1 Å². The van der Waals surface area contributed by atoms with E-state index >= 15 is 0 Å². The number of hydrazine groups is 1. The van der Waals surface area contributed by atoms with Crippen LogP contribution in [0.15, 0.2) is 6.20 Å². The lowest BCUT2D eigenvalue weighted by atomic mass is 10.2. The third kappa shape index (κ3) is 5.92. The summed E-state index contributed by atoms with van der Waals surface area (Å²) in [5.41, 5.74) is 2.91. The van der Waals surface area contributed by atoms with Crippen molar-refractivity contribution in [3.63, 3.8) is 0 Å². The minimum Gasteiger partial charge on any atom is -0.483 e. The van der Waals surface area contributed by atoms with Crippen LogP contribution in [0.2, 0.25) is 0 Å². The standard InChI is InChI=1S/C16H26N4O3S/c1-8-22-14(24)12-9-17-11(4)18-13(12)19-20(10(2)3)15(21)23-16(5,6)7/h9-10H,8H2,1-7H3,(H,17,18,19). The molecule has 0 radical (unpaired) electrons. The largest absolute Gasteiger partial charge is 0.483 e. The number of carbonyl (C=O) groups is 1. The number of hydrogen-bond acceptors (Lipinski definition) is 7. The van der Waals surface area contributed by atoms with Gasteiger partial charge in [0, 0.05) is 6.20 Å². The molecule has 0 bridgehead atoms. The maximum Gasteiger partial charge on any atom is 0.429 e. The first-order valence-corrected chi connectivity index (χ1v) is 8.25. The van der Waals surface area contributed by atoms with E-state index in [4.69, 9.17) is 21.7 Å². The van der Waals surface area contributed by atoms with E-state index in [0.29, 0.717) is 23.8 Å². The van der Waals surface area contributed by atoms with Gasteiger partial charge in [-0.1, -0.05) is 0 Å². The first-order valence-electron chi connectivity index (χ1n) is 7.84. The Morgan fingerprint density at radius 1 is 1.42 bits per heavy atom. The highest BCUT2D eigenvalue weighted by Crippen LogP contribution is 2.18. The van der Waals surface area contributed by atoms with Crippen LogP contribution in [0.25, 0.3) is 0 Å². The van der Waals surface area contributed by atoms with E-state index < -0.39 is 11.7 Å². The Morgan fingerprint density at radius 2 is 2.04 bits per heavy atom. The zero-order valence-electron chi connectivity index (χ0n) is 15.3. The monoisotopic (exact) mass is 354 g/mol. The molecule has 1 heterocycles. The molecule has 1 rings (SSSR count). The lowest BCUT2D eigenvalue weighted by Gasteiger charge is -2.31. The fourth-order valence-corrected chi connectivity index (χ4v) is 1.99. The molecular weight excluding hydrogens is 328 g/mol. The second-order valence-corrected chi connectivity index (χ2v) is 6.83. The minimum atomic E-state index is -0.600. The van der Waals surface area contributed by atoms with Gasteiger partial charge in [-0.3, -0.25) is 5.43 Å². The van der Waals surface area contributed by atoms with Crippen LogP contribution < -0.4 is 5.43 Å². The molecule has 1 amide bonds. The van der Waals surface area contributed by atoms with Gasteiger partial charge in [-0.2, -0.15) is 0 Å². The zero-order chi connectivity index (χ0) is 18.5. The lowest BCUT2D eigenvalue weighted by Crippen LogP contribution is -2.45. The number of rotatable bonds is 5. The molecule has 7 nitrogen and oxygen atoms in total. The molecular formula is C16H26N4O3S. The number of anilines is 1. The van der Waals surface area contributed by atoms with Crippen molar-refractivity contribution in [3.8, 4) is 0 Å². The van der Waals surface area contributed by atoms with Crippen LogP contribution in [0.3, 0.4) is 0 Å². The third-order valence-corrected chi connectivity index (χ3v) is 3.08. The first kappa shape index (κ1) is 20.1. The summed E-state index contributed by atoms with van der Waals surface area (Å²) >= 11 is 5.25. The Kier molecular flexibility index (Phi) is 6.89. The highest BCUT2D eigenvalue weighted by molar-refractivity contribution is 7.80. The maximum absolute atomic E-state index is 12.4. The van der Waals surface area contributed by atoms with Gasteiger partial charge in [0.05, 0.1) is 18.2 Å². The summed E-state index contributed by atoms with van der Waals surface area (Å²) in [5, 5.41) is 1.64. The Morgan fingerprint density at radius 3 is 2.54 bits per heavy atom. The number of nitrogens with zero attached hydrogens (tertiary/aromatic N) is 3. The summed E-state index contributed by atoms with van der Waals surface area (Å²) < 4.78 is 10.8. The number of aryl methyl sites for hydroxylation is 1. The van der Waals surface area contributed by atoms with Crippen molar-refractivity contribution in [2.75, 3.05) is 12.0 Å². The van der Waals surface area contributed by atoms with Crippen molar-refractivity contribution >= 4 is 29.2 Å². The van der Waals surface area contributed by atoms with Crippen LogP contribution in [0.1, 0.15) is 52.9 Å². The van der Waals surface area contributed by atoms with Crippen molar-refractivity contribution < 1.29 is 14.3 Å². The highest BCUT2D eigenvalue weighted by Gasteiger charge is 2.26. The van der Waals surface area contributed by atoms with Gasteiger partial charge in [-0.05, 0) is 60.7 Å². The van der Waals surface area contributed by atoms with Crippen molar-refractivity contribution in [2.45, 2.75) is 60.1 Å². The van der Waals surface area contributed by atoms with Gasteiger partial charge in [0.1, 0.15) is 11.4 Å². The maximum atomic E-state index is 12.4. The van der Waals surface area contributed by atoms with Crippen LogP contribution in [-0.4, -0.2) is 44.4 Å². The van der Waals surface area contributed by atoms with Crippen LogP contribution in [0.4, 0.5) is 10.6 Å². The molecule has 0 aromatic carbocycles. The summed E-state index contributed by atoms with van der Waals surface area (Å²) in [6, 6.07) is -0.163. The molecule has 0 unspecified atom stereocenters. The fourth-order valence-electron chi connectivity index (χ4n) is 1.72. The number of amides is 1. The highest BCUT2D eigenvalue weighted by atomic mass is 32.1. The first-order chi connectivity index (χ1) is 11.0. The van der Waals surface area contributed by atoms with Crippen molar-refractivity contribution in [2.24, 2.45) is 0 Å². The van der Waals surface area contributed by atoms with Gasteiger partial charge in [0.25, 0.3) is 0 Å². The smallest absolute Gasteiger partial charge is 0.429 e. The van der Waals surface area contributed by atoms with E-state index in [1.165, 1.54) is 5.01 Å². The Labute approximate surface area is 148 Å². The fraction of sp³-hybridized carbons (Fsp3) is 0.625. The number of aromatic nitrogens is 2. The third-order valence-electron chi connectivity index (χ3n) is 2.74. The lowest BCUT2D eigenvalue weighted by molar-refractivity contribution is 0.0245. The normalized spacial score (nSPS) is 11.2. The molecule has 0 aliphatic heterocycles. The van der Waals surface area contributed by atoms with Crippen molar-refractivity contribution in [3.05, 3.63) is 17.6 Å². The van der Waals surface area contributed by atoms with Gasteiger partial charge in [0.2, 0.25) is 0 Å². The van der Waals surface area contributed by atoms with Crippen LogP contribution >= 0.6 is 12.2 Å². The predicted octanol–water partition coefficient (Wildman–Crippen LogP) is 3.47. The van der Waals surface area contributed by atoms with E-state index in [1.807, 2.05) is 41.5 Å². The summed E-state index contributed by atoms with van der Waals surface area (Å²) in [6.45, 7) is 13.2. The molecule has 0 saturated heterocycles. The number of thiocarbonyl (C=S) groups is 1. The molecule has 24 heavy (non-hydrogen) atoms. The minimum absolute atomic E-state index is 0.163. The van der Waals surface area contributed by atoms with Gasteiger partial charge >= 0.3 is 6.09 Å². The van der Waals surface area contributed by atoms with Gasteiger partial charge in [-0.25, -0.2) is 19.8 Å². The Bertz CT molecular complexity index is 599. The second kappa shape index (κ2) is 8.23. The molecule has 0 saturated carbocycles. The van der Waals surface area contributed by atoms with Crippen LogP contribution in [-0.2, 0) is 9.47 Å². The van der Waals surface area contributed by atoms with Crippen molar-refractivity contribution in [1.82, 2.24) is 15.0 Å². The number of ether oxygens (including phenoxy) is 2. The Balaban J connectivity index is 3.12. The molecule has 134 valence electrons. The molecule has 1 N–H and O–H groups in total. The van der Waals surface area contributed by atoms with E-state index in [1.54, 1.807) is 13.1 Å². The number of hydrogen-bond donors (Lipinski definition) is 1. The SMILES string of the molecule is CCOC(=S)c1cnc(C)nc1NN(C(=O)OC(C)(C)C)C(C)C. The van der Waals surface area contributed by atoms with Gasteiger partial charge in [0.15, 0.2) is 10.9 Å². The molecule has 1 aromatic rings. The number of nitrogens with one attached hydrogen (secondary N) is 1. The van der Waals surface area contributed by atoms with E-state index in [9.17, 15) is 4.79 Å². The molecule has 0 spiro atoms. The van der Waals surface area contributed by atoms with Crippen LogP contribution in [0, 0.1) is 6.92 Å². The van der Waals surface area contributed by atoms with Crippen LogP contribution in [0.5, 0.6) is 0 Å². The van der Waals surface area contributed by atoms with E-state index in [0.717, 1.165) is 0 Å². The molecule has 8 heteroatoms. The quantitative estimate of drug-likeness (QED) is 0.641. The molecule has 1 aromatic heterocycles. The number of carbonyl (C=O) groups excluding carboxylic acids is 1.